The van der Waals surface area contributed by atoms with E-state index in [4.69, 9.17) is 13.1 Å². The molecule has 26 heavy (non-hydrogen) atoms. The van der Waals surface area contributed by atoms with Crippen LogP contribution in [0.15, 0.2) is 24.3 Å². The van der Waals surface area contributed by atoms with Crippen LogP contribution < -0.4 is 0 Å². The highest BCUT2D eigenvalue weighted by Gasteiger charge is 2.51. The Hall–Kier alpha value is -3.60. The van der Waals surface area contributed by atoms with Crippen LogP contribution in [-0.4, -0.2) is 0 Å². The first-order valence-corrected chi connectivity index (χ1v) is 8.36. The van der Waals surface area contributed by atoms with Gasteiger partial charge in [0.15, 0.2) is 11.4 Å². The molecule has 0 heterocycles. The van der Waals surface area contributed by atoms with Crippen molar-refractivity contribution >= 4 is 11.4 Å². The van der Waals surface area contributed by atoms with Gasteiger partial charge in [-0.3, -0.25) is 9.69 Å². The third-order valence-corrected chi connectivity index (χ3v) is 6.26. The summed E-state index contributed by atoms with van der Waals surface area (Å²) in [5.74, 6) is 0. The van der Waals surface area contributed by atoms with Crippen molar-refractivity contribution in [3.05, 3.63) is 80.5 Å². The molecule has 2 aromatic rings. The topological polar surface area (TPSA) is 56.3 Å². The van der Waals surface area contributed by atoms with E-state index in [9.17, 15) is 10.5 Å². The van der Waals surface area contributed by atoms with E-state index < -0.39 is 0 Å². The fourth-order valence-corrected chi connectivity index (χ4v) is 4.70. The molecule has 2 atom stereocenters. The molecule has 0 fully saturated rings. The molecular formula is C22H14N4. The van der Waals surface area contributed by atoms with Crippen LogP contribution in [0.4, 0.5) is 11.4 Å². The molecule has 0 saturated heterocycles. The molecule has 0 radical (unpaired) electrons. The Bertz CT molecular complexity index is 984. The zero-order chi connectivity index (χ0) is 18.7. The first kappa shape index (κ1) is 15.9. The van der Waals surface area contributed by atoms with E-state index >= 15 is 0 Å². The van der Waals surface area contributed by atoms with E-state index in [-0.39, 0.29) is 10.8 Å². The zero-order valence-electron chi connectivity index (χ0n) is 14.5. The second-order valence-electron chi connectivity index (χ2n) is 7.44. The number of hydrogen-bond donors (Lipinski definition) is 0. The van der Waals surface area contributed by atoms with Gasteiger partial charge in [0, 0.05) is 10.8 Å². The van der Waals surface area contributed by atoms with Crippen molar-refractivity contribution in [2.24, 2.45) is 0 Å². The fraction of sp³-hybridized carbons (Fsp3) is 0.273. The molecule has 0 saturated carbocycles. The van der Waals surface area contributed by atoms with Crippen LogP contribution >= 0.6 is 0 Å². The Kier molecular flexibility index (Phi) is 3.03. The minimum absolute atomic E-state index is 0.317. The first-order chi connectivity index (χ1) is 12.4. The van der Waals surface area contributed by atoms with Crippen LogP contribution in [0.3, 0.4) is 0 Å². The smallest absolute Gasteiger partial charge is 0.194 e. The van der Waals surface area contributed by atoms with Gasteiger partial charge in [0.05, 0.1) is 24.3 Å². The van der Waals surface area contributed by atoms with Crippen molar-refractivity contribution in [1.29, 1.82) is 10.5 Å². The van der Waals surface area contributed by atoms with Crippen molar-refractivity contribution in [1.82, 2.24) is 0 Å². The molecule has 122 valence electrons. The molecular weight excluding hydrogens is 320 g/mol. The second kappa shape index (κ2) is 4.95. The molecule has 2 bridgehead atoms. The Labute approximate surface area is 152 Å². The minimum Gasteiger partial charge on any atom is -0.250 e. The van der Waals surface area contributed by atoms with Gasteiger partial charge in [0.1, 0.15) is 12.1 Å². The summed E-state index contributed by atoms with van der Waals surface area (Å²) in [4.78, 5) is 7.09. The maximum absolute atomic E-state index is 9.44. The Morgan fingerprint density at radius 1 is 0.769 bits per heavy atom. The fourth-order valence-electron chi connectivity index (χ4n) is 4.70. The quantitative estimate of drug-likeness (QED) is 0.618. The van der Waals surface area contributed by atoms with E-state index in [1.165, 1.54) is 0 Å². The van der Waals surface area contributed by atoms with Crippen LogP contribution in [-0.2, 0) is 10.8 Å². The molecule has 0 N–H and O–H groups in total. The summed E-state index contributed by atoms with van der Waals surface area (Å²) >= 11 is 0. The molecule has 2 unspecified atom stereocenters. The monoisotopic (exact) mass is 334 g/mol. The third-order valence-electron chi connectivity index (χ3n) is 6.26. The lowest BCUT2D eigenvalue weighted by molar-refractivity contribution is 0.327. The number of nitrogens with zero attached hydrogens (tertiary/aromatic N) is 4. The van der Waals surface area contributed by atoms with E-state index in [1.807, 2.05) is 24.3 Å². The molecule has 0 spiro atoms. The molecule has 0 aliphatic heterocycles. The van der Waals surface area contributed by atoms with Crippen LogP contribution in [0.1, 0.15) is 60.1 Å². The van der Waals surface area contributed by atoms with Crippen molar-refractivity contribution in [2.75, 3.05) is 0 Å². The van der Waals surface area contributed by atoms with Crippen molar-refractivity contribution in [3.8, 4) is 12.1 Å². The van der Waals surface area contributed by atoms with E-state index in [0.29, 0.717) is 22.5 Å². The Morgan fingerprint density at radius 3 is 1.42 bits per heavy atom. The predicted molar refractivity (Wildman–Crippen MR) is 97.0 cm³/mol. The van der Waals surface area contributed by atoms with E-state index in [0.717, 1.165) is 35.1 Å². The van der Waals surface area contributed by atoms with Crippen molar-refractivity contribution in [3.63, 3.8) is 0 Å². The third kappa shape index (κ3) is 1.69. The van der Waals surface area contributed by atoms with E-state index in [2.05, 4.69) is 35.7 Å². The van der Waals surface area contributed by atoms with Crippen LogP contribution in [0.25, 0.3) is 9.69 Å². The van der Waals surface area contributed by atoms with Gasteiger partial charge in [-0.1, -0.05) is 26.0 Å². The molecule has 2 aromatic carbocycles. The zero-order valence-corrected chi connectivity index (χ0v) is 14.5. The lowest BCUT2D eigenvalue weighted by Crippen LogP contribution is -2.46. The normalized spacial score (nSPS) is 24.4. The lowest BCUT2D eigenvalue weighted by atomic mass is 9.50. The van der Waals surface area contributed by atoms with Crippen LogP contribution in [0.2, 0.25) is 0 Å². The summed E-state index contributed by atoms with van der Waals surface area (Å²) in [6, 6.07) is 11.7. The molecule has 5 rings (SSSR count). The summed E-state index contributed by atoms with van der Waals surface area (Å²) in [5, 5.41) is 18.9. The summed E-state index contributed by atoms with van der Waals surface area (Å²) in [6.07, 6.45) is 1.82. The SMILES string of the molecule is [C-]#[N+]c1cc2c(cc1[N+]#[C-])C1(C)CCC2(C)c2cc(C#N)c(C#N)cc21. The first-order valence-electron chi connectivity index (χ1n) is 8.36. The van der Waals surface area contributed by atoms with Gasteiger partial charge >= 0.3 is 0 Å². The van der Waals surface area contributed by atoms with Gasteiger partial charge in [-0.2, -0.15) is 10.5 Å². The predicted octanol–water partition coefficient (Wildman–Crippen LogP) is 5.25. The highest BCUT2D eigenvalue weighted by Crippen LogP contribution is 2.60. The molecule has 3 aliphatic carbocycles. The summed E-state index contributed by atoms with van der Waals surface area (Å²) in [5.41, 5.74) is 5.21. The number of fused-ring (bicyclic) bond motifs is 1. The van der Waals surface area contributed by atoms with Gasteiger partial charge < -0.3 is 0 Å². The largest absolute Gasteiger partial charge is 0.250 e. The van der Waals surface area contributed by atoms with Crippen LogP contribution in [0.5, 0.6) is 0 Å². The maximum atomic E-state index is 9.44. The Morgan fingerprint density at radius 2 is 1.12 bits per heavy atom. The lowest BCUT2D eigenvalue weighted by Gasteiger charge is -2.53. The second-order valence-corrected chi connectivity index (χ2v) is 7.44. The van der Waals surface area contributed by atoms with Gasteiger partial charge in [-0.15, -0.1) is 0 Å². The van der Waals surface area contributed by atoms with Gasteiger partial charge in [-0.25, -0.2) is 0 Å². The van der Waals surface area contributed by atoms with Gasteiger partial charge in [0.2, 0.25) is 0 Å². The van der Waals surface area contributed by atoms with E-state index in [1.54, 1.807) is 0 Å². The average Bonchev–Trinajstić information content (AvgIpc) is 2.68. The highest BCUT2D eigenvalue weighted by atomic mass is 14.8. The van der Waals surface area contributed by atoms with Gasteiger partial charge in [0.25, 0.3) is 0 Å². The highest BCUT2D eigenvalue weighted by molar-refractivity contribution is 5.77. The van der Waals surface area contributed by atoms with Crippen molar-refractivity contribution < 1.29 is 0 Å². The molecule has 4 heteroatoms. The molecule has 0 amide bonds. The number of benzene rings is 2. The minimum atomic E-state index is -0.317. The number of rotatable bonds is 0. The summed E-state index contributed by atoms with van der Waals surface area (Å²) in [6.45, 7) is 19.1. The van der Waals surface area contributed by atoms with Crippen LogP contribution in [0, 0.1) is 35.8 Å². The molecule has 4 nitrogen and oxygen atoms in total. The number of hydrogen-bond acceptors (Lipinski definition) is 2. The Balaban J connectivity index is 2.13. The van der Waals surface area contributed by atoms with Crippen molar-refractivity contribution in [2.45, 2.75) is 37.5 Å². The summed E-state index contributed by atoms with van der Waals surface area (Å²) in [7, 11) is 0. The molecule has 3 aliphatic rings. The standard InChI is InChI=1S/C22H14N4/c1-21-5-6-22(2,16-8-14(12-24)13(11-23)7-15(16)21)18-10-20(26-4)19(25-3)9-17(18)21/h7-10H,5-6H2,1-2H3. The number of nitriles is 2. The maximum Gasteiger partial charge on any atom is 0.194 e. The van der Waals surface area contributed by atoms with Gasteiger partial charge in [-0.05, 0) is 47.2 Å². The molecule has 0 aromatic heterocycles. The summed E-state index contributed by atoms with van der Waals surface area (Å²) < 4.78 is 0. The average molecular weight is 334 g/mol.